The third kappa shape index (κ3) is 4.33. The Morgan fingerprint density at radius 1 is 1.46 bits per heavy atom. The molecule has 6 heteroatoms. The van der Waals surface area contributed by atoms with E-state index >= 15 is 0 Å². The maximum Gasteiger partial charge on any atom is 0.314 e. The first kappa shape index (κ1) is 18.0. The van der Waals surface area contributed by atoms with Gasteiger partial charge in [0.15, 0.2) is 6.04 Å². The molecule has 1 aromatic rings. The third-order valence-electron chi connectivity index (χ3n) is 4.49. The van der Waals surface area contributed by atoms with Crippen molar-refractivity contribution in [1.29, 1.82) is 5.26 Å². The Kier molecular flexibility index (Phi) is 6.33. The molecule has 3 atom stereocenters. The Labute approximate surface area is 142 Å². The number of nitrogens with zero attached hydrogens (tertiary/aromatic N) is 1. The summed E-state index contributed by atoms with van der Waals surface area (Å²) in [5.41, 5.74) is 0.964. The Morgan fingerprint density at radius 3 is 2.92 bits per heavy atom. The van der Waals surface area contributed by atoms with E-state index in [2.05, 4.69) is 11.4 Å². The molecule has 0 aromatic heterocycles. The zero-order valence-electron chi connectivity index (χ0n) is 14.2. The van der Waals surface area contributed by atoms with Crippen molar-refractivity contribution in [2.75, 3.05) is 25.0 Å². The van der Waals surface area contributed by atoms with Gasteiger partial charge in [-0.1, -0.05) is 12.1 Å². The first-order valence-electron chi connectivity index (χ1n) is 8.38. The number of carbonyl (C=O) groups excluding carboxylic acids is 2. The van der Waals surface area contributed by atoms with Crippen LogP contribution < -0.4 is 10.2 Å². The topological polar surface area (TPSA) is 83.6 Å². The number of likely N-dealkylation sites (tertiary alicyclic amines) is 1. The first-order chi connectivity index (χ1) is 11.6. The minimum Gasteiger partial charge on any atom is -0.466 e. The van der Waals surface area contributed by atoms with Gasteiger partial charge in [-0.25, -0.2) is 0 Å². The van der Waals surface area contributed by atoms with E-state index in [0.717, 1.165) is 24.3 Å². The molecule has 1 amide bonds. The van der Waals surface area contributed by atoms with Crippen molar-refractivity contribution in [2.45, 2.75) is 32.7 Å². The summed E-state index contributed by atoms with van der Waals surface area (Å²) in [6.45, 7) is 5.49. The molecule has 1 heterocycles. The predicted octanol–water partition coefficient (Wildman–Crippen LogP) is 0.743. The Balaban J connectivity index is 2.00. The summed E-state index contributed by atoms with van der Waals surface area (Å²) in [7, 11) is 0. The van der Waals surface area contributed by atoms with E-state index in [-0.39, 0.29) is 23.8 Å². The Morgan fingerprint density at radius 2 is 2.21 bits per heavy atom. The molecule has 1 saturated heterocycles. The monoisotopic (exact) mass is 330 g/mol. The number of anilines is 1. The number of nitrogens with one attached hydrogen (secondary N) is 2. The van der Waals surface area contributed by atoms with Crippen LogP contribution >= 0.6 is 0 Å². The van der Waals surface area contributed by atoms with E-state index in [1.165, 1.54) is 0 Å². The van der Waals surface area contributed by atoms with Gasteiger partial charge in [-0.2, -0.15) is 5.26 Å². The van der Waals surface area contributed by atoms with Gasteiger partial charge >= 0.3 is 5.97 Å². The van der Waals surface area contributed by atoms with Crippen molar-refractivity contribution < 1.29 is 19.2 Å². The highest BCUT2D eigenvalue weighted by Gasteiger charge is 2.35. The van der Waals surface area contributed by atoms with Crippen molar-refractivity contribution in [3.05, 3.63) is 29.8 Å². The van der Waals surface area contributed by atoms with Gasteiger partial charge in [0.25, 0.3) is 5.91 Å². The van der Waals surface area contributed by atoms with E-state index in [4.69, 9.17) is 10.00 Å². The molecule has 128 valence electrons. The molecule has 1 aliphatic rings. The molecule has 6 nitrogen and oxygen atoms in total. The smallest absolute Gasteiger partial charge is 0.314 e. The van der Waals surface area contributed by atoms with Crippen LogP contribution in [0.15, 0.2) is 24.3 Å². The first-order valence-corrected chi connectivity index (χ1v) is 8.38. The number of nitriles is 1. The number of hydrogen-bond donors (Lipinski definition) is 2. The number of carbonyl (C=O) groups is 2. The molecule has 0 saturated carbocycles. The van der Waals surface area contributed by atoms with E-state index in [9.17, 15) is 9.59 Å². The number of rotatable bonds is 5. The third-order valence-corrected chi connectivity index (χ3v) is 4.49. The lowest BCUT2D eigenvalue weighted by Gasteiger charge is -2.32. The molecule has 2 rings (SSSR count). The average Bonchev–Trinajstić information content (AvgIpc) is 2.61. The summed E-state index contributed by atoms with van der Waals surface area (Å²) in [6, 6.07) is 8.71. The molecule has 1 unspecified atom stereocenters. The predicted molar refractivity (Wildman–Crippen MR) is 89.3 cm³/mol. The van der Waals surface area contributed by atoms with Crippen molar-refractivity contribution in [3.63, 3.8) is 0 Å². The Hall–Kier alpha value is -2.39. The molecule has 0 radical (unpaired) electrons. The number of esters is 1. The second-order valence-corrected chi connectivity index (χ2v) is 6.07. The minimum atomic E-state index is -0.297. The van der Waals surface area contributed by atoms with Crippen LogP contribution in [0.4, 0.5) is 5.69 Å². The van der Waals surface area contributed by atoms with Crippen molar-refractivity contribution >= 4 is 17.6 Å². The highest BCUT2D eigenvalue weighted by molar-refractivity contribution is 5.94. The van der Waals surface area contributed by atoms with E-state index in [1.807, 2.05) is 6.92 Å². The van der Waals surface area contributed by atoms with Gasteiger partial charge in [-0.15, -0.1) is 0 Å². The highest BCUT2D eigenvalue weighted by atomic mass is 16.5. The zero-order chi connectivity index (χ0) is 17.5. The van der Waals surface area contributed by atoms with Crippen LogP contribution in [0.25, 0.3) is 0 Å². The van der Waals surface area contributed by atoms with Crippen LogP contribution in [-0.2, 0) is 14.3 Å². The van der Waals surface area contributed by atoms with Crippen LogP contribution in [0.2, 0.25) is 0 Å². The minimum absolute atomic E-state index is 0.141. The maximum atomic E-state index is 12.5. The summed E-state index contributed by atoms with van der Waals surface area (Å²) in [5, 5.41) is 11.9. The van der Waals surface area contributed by atoms with Crippen LogP contribution in [0.3, 0.4) is 0 Å². The van der Waals surface area contributed by atoms with Crippen molar-refractivity contribution in [2.24, 2.45) is 5.92 Å². The van der Waals surface area contributed by atoms with E-state index < -0.39 is 0 Å². The number of quaternary nitrogens is 1. The molecule has 1 fully saturated rings. The summed E-state index contributed by atoms with van der Waals surface area (Å²) in [5.74, 6) is -0.454. The summed E-state index contributed by atoms with van der Waals surface area (Å²) in [6.07, 6.45) is 1.71. The number of amides is 1. The van der Waals surface area contributed by atoms with E-state index in [0.29, 0.717) is 24.4 Å². The fraction of sp³-hybridized carbons (Fsp3) is 0.500. The zero-order valence-corrected chi connectivity index (χ0v) is 14.2. The molecular weight excluding hydrogens is 306 g/mol. The van der Waals surface area contributed by atoms with Gasteiger partial charge in [0.1, 0.15) is 12.0 Å². The summed E-state index contributed by atoms with van der Waals surface area (Å²) >= 11 is 0. The molecule has 1 aliphatic heterocycles. The van der Waals surface area contributed by atoms with Crippen molar-refractivity contribution in [3.8, 4) is 6.07 Å². The molecule has 2 N–H and O–H groups in total. The van der Waals surface area contributed by atoms with Gasteiger partial charge in [0.05, 0.1) is 30.9 Å². The van der Waals surface area contributed by atoms with Gasteiger partial charge in [-0.05, 0) is 38.8 Å². The Bertz CT molecular complexity index is 639. The number of benzene rings is 1. The van der Waals surface area contributed by atoms with Gasteiger partial charge in [0, 0.05) is 0 Å². The van der Waals surface area contributed by atoms with Crippen LogP contribution in [0.5, 0.6) is 0 Å². The molecular formula is C18H24N3O3+. The van der Waals surface area contributed by atoms with Crippen LogP contribution in [0, 0.1) is 17.2 Å². The van der Waals surface area contributed by atoms with Gasteiger partial charge < -0.3 is 15.0 Å². The van der Waals surface area contributed by atoms with Crippen LogP contribution in [0.1, 0.15) is 32.3 Å². The fourth-order valence-corrected chi connectivity index (χ4v) is 3.07. The lowest BCUT2D eigenvalue weighted by molar-refractivity contribution is -0.921. The standard InChI is InChI=1S/C18H23N3O3/c1-3-24-18(23)15-8-6-10-21(12-15)13(2)17(22)20-16-9-5-4-7-14(16)11-19/h4-5,7,9,13,15H,3,6,8,10,12H2,1-2H3,(H,20,22)/p+1/t13-,15-/m0/s1. The maximum absolute atomic E-state index is 12.5. The highest BCUT2D eigenvalue weighted by Crippen LogP contribution is 2.14. The quantitative estimate of drug-likeness (QED) is 0.780. The second kappa shape index (κ2) is 8.46. The molecule has 0 bridgehead atoms. The normalized spacial score (nSPS) is 21.4. The largest absolute Gasteiger partial charge is 0.466 e. The summed E-state index contributed by atoms with van der Waals surface area (Å²) < 4.78 is 5.11. The van der Waals surface area contributed by atoms with Gasteiger partial charge in [0.2, 0.25) is 0 Å². The molecule has 0 aliphatic carbocycles. The lowest BCUT2D eigenvalue weighted by atomic mass is 9.97. The summed E-state index contributed by atoms with van der Waals surface area (Å²) in [4.78, 5) is 25.5. The van der Waals surface area contributed by atoms with Gasteiger partial charge in [-0.3, -0.25) is 9.59 Å². The van der Waals surface area contributed by atoms with E-state index in [1.54, 1.807) is 31.2 Å². The second-order valence-electron chi connectivity index (χ2n) is 6.07. The SMILES string of the molecule is CCOC(=O)[C@H]1CCC[NH+]([C@@H](C)C(=O)Nc2ccccc2C#N)C1. The number of piperidine rings is 1. The number of para-hydroxylation sites is 1. The van der Waals surface area contributed by atoms with Crippen molar-refractivity contribution in [1.82, 2.24) is 0 Å². The fourth-order valence-electron chi connectivity index (χ4n) is 3.07. The van der Waals surface area contributed by atoms with Crippen LogP contribution in [-0.4, -0.2) is 37.6 Å². The molecule has 1 aromatic carbocycles. The number of hydrogen-bond acceptors (Lipinski definition) is 4. The number of ether oxygens (including phenoxy) is 1. The molecule has 24 heavy (non-hydrogen) atoms. The lowest BCUT2D eigenvalue weighted by Crippen LogP contribution is -3.18. The molecule has 0 spiro atoms. The average molecular weight is 330 g/mol.